The third-order valence-electron chi connectivity index (χ3n) is 3.89. The Morgan fingerprint density at radius 3 is 2.72 bits per heavy atom. The zero-order valence-electron chi connectivity index (χ0n) is 13.7. The minimum atomic E-state index is -0.435. The molecule has 0 spiro atoms. The van der Waals surface area contributed by atoms with Crippen molar-refractivity contribution in [2.75, 3.05) is 5.32 Å². The molecule has 128 valence electrons. The second kappa shape index (κ2) is 7.14. The molecule has 0 amide bonds. The molecule has 0 unspecified atom stereocenters. The Labute approximate surface area is 144 Å². The summed E-state index contributed by atoms with van der Waals surface area (Å²) in [5.74, 6) is 0. The fourth-order valence-corrected chi connectivity index (χ4v) is 2.61. The number of anilines is 1. The number of aliphatic hydroxyl groups is 1. The summed E-state index contributed by atoms with van der Waals surface area (Å²) in [4.78, 5) is 10.7. The van der Waals surface area contributed by atoms with E-state index in [9.17, 15) is 15.2 Å². The van der Waals surface area contributed by atoms with E-state index in [0.29, 0.717) is 17.8 Å². The van der Waals surface area contributed by atoms with E-state index in [1.165, 1.54) is 6.07 Å². The van der Waals surface area contributed by atoms with Crippen molar-refractivity contribution in [3.05, 3.63) is 76.1 Å². The third kappa shape index (κ3) is 3.84. The smallest absolute Gasteiger partial charge is 0.292 e. The van der Waals surface area contributed by atoms with Gasteiger partial charge in [0.05, 0.1) is 17.7 Å². The minimum absolute atomic E-state index is 0.0133. The first kappa shape index (κ1) is 16.7. The zero-order valence-corrected chi connectivity index (χ0v) is 13.7. The van der Waals surface area contributed by atoms with Crippen LogP contribution in [0.1, 0.15) is 11.1 Å². The van der Waals surface area contributed by atoms with Crippen molar-refractivity contribution in [2.45, 2.75) is 13.2 Å². The van der Waals surface area contributed by atoms with Gasteiger partial charge in [0.2, 0.25) is 0 Å². The van der Waals surface area contributed by atoms with Gasteiger partial charge in [0.15, 0.2) is 0 Å². The van der Waals surface area contributed by atoms with Gasteiger partial charge in [-0.25, -0.2) is 0 Å². The number of nitrogens with zero attached hydrogens (tertiary/aromatic N) is 3. The Kier molecular flexibility index (Phi) is 4.76. The second-order valence-electron chi connectivity index (χ2n) is 5.72. The molecular weight excluding hydrogens is 320 g/mol. The number of nitro groups is 1. The summed E-state index contributed by atoms with van der Waals surface area (Å²) < 4.78 is 1.74. The van der Waals surface area contributed by atoms with E-state index < -0.39 is 4.92 Å². The average Bonchev–Trinajstić information content (AvgIpc) is 3.06. The number of benzene rings is 2. The van der Waals surface area contributed by atoms with Crippen molar-refractivity contribution in [1.82, 2.24) is 9.78 Å². The molecule has 0 fully saturated rings. The highest BCUT2D eigenvalue weighted by atomic mass is 16.6. The molecule has 0 radical (unpaired) electrons. The van der Waals surface area contributed by atoms with Gasteiger partial charge in [-0.05, 0) is 34.9 Å². The van der Waals surface area contributed by atoms with E-state index in [2.05, 4.69) is 10.4 Å². The lowest BCUT2D eigenvalue weighted by molar-refractivity contribution is -0.384. The van der Waals surface area contributed by atoms with Crippen LogP contribution in [-0.2, 0) is 20.2 Å². The number of nitro benzene ring substituents is 1. The van der Waals surface area contributed by atoms with Gasteiger partial charge in [0.25, 0.3) is 5.69 Å². The van der Waals surface area contributed by atoms with Crippen LogP contribution in [0.4, 0.5) is 11.4 Å². The summed E-state index contributed by atoms with van der Waals surface area (Å²) in [7, 11) is 1.86. The van der Waals surface area contributed by atoms with E-state index >= 15 is 0 Å². The first-order valence-electron chi connectivity index (χ1n) is 7.77. The van der Waals surface area contributed by atoms with Crippen LogP contribution in [0.3, 0.4) is 0 Å². The Bertz CT molecular complexity index is 905. The maximum Gasteiger partial charge on any atom is 0.292 e. The second-order valence-corrected chi connectivity index (χ2v) is 5.72. The average molecular weight is 338 g/mol. The summed E-state index contributed by atoms with van der Waals surface area (Å²) in [5.41, 5.74) is 4.04. The van der Waals surface area contributed by atoms with Gasteiger partial charge in [0, 0.05) is 31.4 Å². The normalized spacial score (nSPS) is 10.6. The lowest BCUT2D eigenvalue weighted by Gasteiger charge is -2.09. The molecule has 0 saturated heterocycles. The quantitative estimate of drug-likeness (QED) is 0.532. The molecule has 2 aromatic carbocycles. The minimum Gasteiger partial charge on any atom is -0.392 e. The molecule has 0 aliphatic heterocycles. The van der Waals surface area contributed by atoms with E-state index in [0.717, 1.165) is 16.7 Å². The highest BCUT2D eigenvalue weighted by Gasteiger charge is 2.14. The van der Waals surface area contributed by atoms with Crippen LogP contribution < -0.4 is 5.32 Å². The third-order valence-corrected chi connectivity index (χ3v) is 3.89. The number of nitrogens with one attached hydrogen (secondary N) is 1. The predicted molar refractivity (Wildman–Crippen MR) is 95.0 cm³/mol. The topological polar surface area (TPSA) is 93.2 Å². The maximum atomic E-state index is 11.2. The molecule has 3 rings (SSSR count). The van der Waals surface area contributed by atoms with Crippen LogP contribution in [0.25, 0.3) is 11.1 Å². The zero-order chi connectivity index (χ0) is 17.8. The predicted octanol–water partition coefficient (Wildman–Crippen LogP) is 3.10. The van der Waals surface area contributed by atoms with Crippen LogP contribution in [0, 0.1) is 10.1 Å². The summed E-state index contributed by atoms with van der Waals surface area (Å²) in [6, 6.07) is 12.5. The van der Waals surface area contributed by atoms with E-state index in [1.807, 2.05) is 37.5 Å². The number of aryl methyl sites for hydroxylation is 1. The van der Waals surface area contributed by atoms with Crippen LogP contribution in [0.2, 0.25) is 0 Å². The van der Waals surface area contributed by atoms with Crippen molar-refractivity contribution in [2.24, 2.45) is 7.05 Å². The molecule has 7 nitrogen and oxygen atoms in total. The SMILES string of the molecule is Cn1cc(-c2cccc(CNc3cc(CO)ccc3[N+](=O)[O-])c2)cn1. The van der Waals surface area contributed by atoms with Crippen molar-refractivity contribution in [3.63, 3.8) is 0 Å². The highest BCUT2D eigenvalue weighted by Crippen LogP contribution is 2.27. The van der Waals surface area contributed by atoms with Crippen molar-refractivity contribution in [3.8, 4) is 11.1 Å². The van der Waals surface area contributed by atoms with E-state index in [1.54, 1.807) is 23.0 Å². The van der Waals surface area contributed by atoms with Crippen molar-refractivity contribution >= 4 is 11.4 Å². The lowest BCUT2D eigenvalue weighted by Crippen LogP contribution is -2.03. The van der Waals surface area contributed by atoms with Gasteiger partial charge >= 0.3 is 0 Å². The van der Waals surface area contributed by atoms with Crippen LogP contribution in [-0.4, -0.2) is 19.8 Å². The molecule has 25 heavy (non-hydrogen) atoms. The Morgan fingerprint density at radius 2 is 2.04 bits per heavy atom. The van der Waals surface area contributed by atoms with Gasteiger partial charge < -0.3 is 10.4 Å². The molecule has 0 bridgehead atoms. The van der Waals surface area contributed by atoms with Crippen molar-refractivity contribution < 1.29 is 10.0 Å². The number of rotatable bonds is 6. The molecule has 0 aliphatic carbocycles. The molecular formula is C18H18N4O3. The number of aromatic nitrogens is 2. The first-order chi connectivity index (χ1) is 12.1. The molecule has 0 atom stereocenters. The molecule has 7 heteroatoms. The maximum absolute atomic E-state index is 11.2. The number of hydrogen-bond acceptors (Lipinski definition) is 5. The van der Waals surface area contributed by atoms with Crippen LogP contribution >= 0.6 is 0 Å². The summed E-state index contributed by atoms with van der Waals surface area (Å²) >= 11 is 0. The highest BCUT2D eigenvalue weighted by molar-refractivity contribution is 5.64. The van der Waals surface area contributed by atoms with Gasteiger partial charge in [0.1, 0.15) is 5.69 Å². The first-order valence-corrected chi connectivity index (χ1v) is 7.77. The lowest BCUT2D eigenvalue weighted by atomic mass is 10.1. The van der Waals surface area contributed by atoms with E-state index in [-0.39, 0.29) is 12.3 Å². The largest absolute Gasteiger partial charge is 0.392 e. The van der Waals surface area contributed by atoms with Gasteiger partial charge in [-0.1, -0.05) is 18.2 Å². The fourth-order valence-electron chi connectivity index (χ4n) is 2.61. The number of aliphatic hydroxyl groups excluding tert-OH is 1. The molecule has 0 saturated carbocycles. The van der Waals surface area contributed by atoms with Gasteiger partial charge in [-0.2, -0.15) is 5.10 Å². The summed E-state index contributed by atoms with van der Waals surface area (Å²) in [6.45, 7) is 0.271. The van der Waals surface area contributed by atoms with Crippen molar-refractivity contribution in [1.29, 1.82) is 0 Å². The molecule has 1 aromatic heterocycles. The Hall–Kier alpha value is -3.19. The van der Waals surface area contributed by atoms with Gasteiger partial charge in [-0.15, -0.1) is 0 Å². The summed E-state index contributed by atoms with van der Waals surface area (Å²) in [6.07, 6.45) is 3.73. The standard InChI is InChI=1S/C18H18N4O3/c1-21-11-16(10-20-21)15-4-2-3-13(7-15)9-19-17-8-14(12-23)5-6-18(17)22(24)25/h2-8,10-11,19,23H,9,12H2,1H3. The monoisotopic (exact) mass is 338 g/mol. The van der Waals surface area contributed by atoms with Gasteiger partial charge in [-0.3, -0.25) is 14.8 Å². The Morgan fingerprint density at radius 1 is 1.20 bits per heavy atom. The molecule has 1 heterocycles. The van der Waals surface area contributed by atoms with E-state index in [4.69, 9.17) is 0 Å². The molecule has 2 N–H and O–H groups in total. The van der Waals surface area contributed by atoms with Crippen LogP contribution in [0.15, 0.2) is 54.9 Å². The summed E-state index contributed by atoms with van der Waals surface area (Å²) in [5, 5.41) is 27.7. The Balaban J connectivity index is 1.81. The van der Waals surface area contributed by atoms with Crippen LogP contribution in [0.5, 0.6) is 0 Å². The fraction of sp³-hybridized carbons (Fsp3) is 0.167. The number of hydrogen-bond donors (Lipinski definition) is 2. The molecule has 0 aliphatic rings. The molecule has 3 aromatic rings.